The summed E-state index contributed by atoms with van der Waals surface area (Å²) in [6.45, 7) is 2.42. The molecule has 5 rings (SSSR count). The molecule has 33 heavy (non-hydrogen) atoms. The second-order valence-corrected chi connectivity index (χ2v) is 9.25. The number of benzene rings is 1. The molecular formula is C23H18Cl2N6OS. The van der Waals surface area contributed by atoms with Crippen LogP contribution in [-0.4, -0.2) is 30.5 Å². The largest absolute Gasteiger partial charge is 0.308 e. The van der Waals surface area contributed by atoms with Gasteiger partial charge in [-0.25, -0.2) is 9.67 Å². The molecule has 10 heteroatoms. The molecule has 7 nitrogen and oxygen atoms in total. The lowest BCUT2D eigenvalue weighted by Crippen LogP contribution is -2.20. The molecular weight excluding hydrogens is 479 g/mol. The highest BCUT2D eigenvalue weighted by Gasteiger charge is 2.17. The highest BCUT2D eigenvalue weighted by Crippen LogP contribution is 2.32. The summed E-state index contributed by atoms with van der Waals surface area (Å²) >= 11 is 13.9. The molecule has 0 spiro atoms. The molecule has 0 aliphatic rings. The first-order chi connectivity index (χ1) is 16.0. The van der Waals surface area contributed by atoms with Crippen molar-refractivity contribution in [2.75, 3.05) is 5.32 Å². The number of pyridine rings is 1. The number of aromatic nitrogens is 5. The minimum Gasteiger partial charge on any atom is -0.308 e. The van der Waals surface area contributed by atoms with Gasteiger partial charge < -0.3 is 5.32 Å². The third-order valence-electron chi connectivity index (χ3n) is 5.14. The molecule has 0 saturated heterocycles. The van der Waals surface area contributed by atoms with Gasteiger partial charge in [0.25, 0.3) is 0 Å². The number of carbonyl (C=O) groups excluding carboxylic acids is 1. The van der Waals surface area contributed by atoms with E-state index in [1.165, 1.54) is 0 Å². The average molecular weight is 497 g/mol. The van der Waals surface area contributed by atoms with Gasteiger partial charge in [0.1, 0.15) is 6.54 Å². The highest BCUT2D eigenvalue weighted by atomic mass is 35.5. The summed E-state index contributed by atoms with van der Waals surface area (Å²) in [4.78, 5) is 18.3. The summed E-state index contributed by atoms with van der Waals surface area (Å²) < 4.78 is 3.33. The number of rotatable bonds is 6. The topological polar surface area (TPSA) is 77.6 Å². The standard InChI is InChI=1S/C23H18Cl2N6OS/c1-14-22-17(19-3-2-10-33-19)6-8-26-23(22)31(28-14)13-21(32)27-20-7-9-30(29-20)12-15-4-5-16(24)11-18(15)25/h2-11H,12-13H2,1H3,(H,27,29,32). The van der Waals surface area contributed by atoms with Gasteiger partial charge in [0.2, 0.25) is 5.91 Å². The average Bonchev–Trinajstić information content (AvgIpc) is 3.52. The van der Waals surface area contributed by atoms with Crippen molar-refractivity contribution in [1.29, 1.82) is 0 Å². The summed E-state index contributed by atoms with van der Waals surface area (Å²) in [6.07, 6.45) is 3.53. The first-order valence-corrected chi connectivity index (χ1v) is 11.7. The Hall–Kier alpha value is -3.20. The molecule has 5 aromatic rings. The summed E-state index contributed by atoms with van der Waals surface area (Å²) in [5.41, 5.74) is 3.46. The monoisotopic (exact) mass is 496 g/mol. The number of nitrogens with one attached hydrogen (secondary N) is 1. The van der Waals surface area contributed by atoms with Gasteiger partial charge in [-0.3, -0.25) is 9.48 Å². The molecule has 0 saturated carbocycles. The molecule has 1 amide bonds. The lowest BCUT2D eigenvalue weighted by Gasteiger charge is -2.06. The van der Waals surface area contributed by atoms with Crippen LogP contribution in [0.1, 0.15) is 11.3 Å². The molecule has 0 aliphatic carbocycles. The van der Waals surface area contributed by atoms with Crippen LogP contribution in [0.2, 0.25) is 10.0 Å². The van der Waals surface area contributed by atoms with E-state index in [1.54, 1.807) is 51.3 Å². The van der Waals surface area contributed by atoms with Crippen molar-refractivity contribution in [3.8, 4) is 10.4 Å². The maximum Gasteiger partial charge on any atom is 0.247 e. The van der Waals surface area contributed by atoms with Gasteiger partial charge in [-0.05, 0) is 42.1 Å². The number of hydrogen-bond acceptors (Lipinski definition) is 5. The lowest BCUT2D eigenvalue weighted by molar-refractivity contribution is -0.116. The van der Waals surface area contributed by atoms with Gasteiger partial charge in [0, 0.05) is 38.9 Å². The van der Waals surface area contributed by atoms with Crippen molar-refractivity contribution in [2.24, 2.45) is 0 Å². The Morgan fingerprint density at radius 3 is 2.82 bits per heavy atom. The third-order valence-corrected chi connectivity index (χ3v) is 6.63. The third kappa shape index (κ3) is 4.50. The molecule has 4 heterocycles. The highest BCUT2D eigenvalue weighted by molar-refractivity contribution is 7.13. The van der Waals surface area contributed by atoms with Gasteiger partial charge in [0.15, 0.2) is 11.5 Å². The number of anilines is 1. The molecule has 0 atom stereocenters. The van der Waals surface area contributed by atoms with Crippen molar-refractivity contribution in [3.63, 3.8) is 0 Å². The van der Waals surface area contributed by atoms with Crippen LogP contribution in [0.25, 0.3) is 21.5 Å². The molecule has 0 aliphatic heterocycles. The van der Waals surface area contributed by atoms with Crippen molar-refractivity contribution in [3.05, 3.63) is 81.5 Å². The number of thiophene rings is 1. The van der Waals surface area contributed by atoms with Gasteiger partial charge in [-0.2, -0.15) is 10.2 Å². The smallest absolute Gasteiger partial charge is 0.247 e. The molecule has 166 valence electrons. The van der Waals surface area contributed by atoms with E-state index in [1.807, 2.05) is 30.5 Å². The predicted molar refractivity (Wildman–Crippen MR) is 132 cm³/mol. The van der Waals surface area contributed by atoms with E-state index in [4.69, 9.17) is 23.2 Å². The lowest BCUT2D eigenvalue weighted by atomic mass is 10.1. The quantitative estimate of drug-likeness (QED) is 0.329. The molecule has 0 radical (unpaired) electrons. The second-order valence-electron chi connectivity index (χ2n) is 7.46. The SMILES string of the molecule is Cc1nn(CC(=O)Nc2ccn(Cc3ccc(Cl)cc3Cl)n2)c2nccc(-c3cccs3)c12. The van der Waals surface area contributed by atoms with Crippen LogP contribution < -0.4 is 5.32 Å². The number of hydrogen-bond donors (Lipinski definition) is 1. The number of amides is 1. The predicted octanol–water partition coefficient (Wildman–Crippen LogP) is 5.66. The minimum absolute atomic E-state index is 0.0289. The summed E-state index contributed by atoms with van der Waals surface area (Å²) in [7, 11) is 0. The normalized spacial score (nSPS) is 11.2. The van der Waals surface area contributed by atoms with Crippen molar-refractivity contribution >= 4 is 57.3 Å². The van der Waals surface area contributed by atoms with E-state index in [0.717, 1.165) is 27.1 Å². The van der Waals surface area contributed by atoms with Gasteiger partial charge in [0.05, 0.1) is 17.6 Å². The Morgan fingerprint density at radius 2 is 2.03 bits per heavy atom. The van der Waals surface area contributed by atoms with Crippen LogP contribution in [0.5, 0.6) is 0 Å². The molecule has 0 fully saturated rings. The van der Waals surface area contributed by atoms with Gasteiger partial charge in [-0.1, -0.05) is 35.3 Å². The van der Waals surface area contributed by atoms with Crippen molar-refractivity contribution in [2.45, 2.75) is 20.0 Å². The Balaban J connectivity index is 1.31. The van der Waals surface area contributed by atoms with E-state index in [2.05, 4.69) is 26.6 Å². The van der Waals surface area contributed by atoms with Crippen LogP contribution in [0.4, 0.5) is 5.82 Å². The fraction of sp³-hybridized carbons (Fsp3) is 0.130. The number of fused-ring (bicyclic) bond motifs is 1. The van der Waals surface area contributed by atoms with E-state index in [9.17, 15) is 4.79 Å². The molecule has 1 N–H and O–H groups in total. The Labute approximate surface area is 203 Å². The maximum absolute atomic E-state index is 12.7. The number of nitrogens with zero attached hydrogens (tertiary/aromatic N) is 5. The second kappa shape index (κ2) is 8.97. The first kappa shape index (κ1) is 21.6. The molecule has 0 unspecified atom stereocenters. The van der Waals surface area contributed by atoms with Crippen LogP contribution in [0.15, 0.2) is 60.2 Å². The Kier molecular flexibility index (Phi) is 5.88. The van der Waals surface area contributed by atoms with Gasteiger partial charge >= 0.3 is 0 Å². The number of aryl methyl sites for hydroxylation is 1. The summed E-state index contributed by atoms with van der Waals surface area (Å²) in [6, 6.07) is 13.1. The van der Waals surface area contributed by atoms with Gasteiger partial charge in [-0.15, -0.1) is 11.3 Å². The Morgan fingerprint density at radius 1 is 1.15 bits per heavy atom. The van der Waals surface area contributed by atoms with Crippen molar-refractivity contribution in [1.82, 2.24) is 24.5 Å². The van der Waals surface area contributed by atoms with Crippen LogP contribution >= 0.6 is 34.5 Å². The molecule has 4 aromatic heterocycles. The fourth-order valence-corrected chi connectivity index (χ4v) is 4.91. The summed E-state index contributed by atoms with van der Waals surface area (Å²) in [5.74, 6) is 0.211. The van der Waals surface area contributed by atoms with E-state index < -0.39 is 0 Å². The first-order valence-electron chi connectivity index (χ1n) is 10.1. The number of halogens is 2. The minimum atomic E-state index is -0.238. The Bertz CT molecular complexity index is 1460. The fourth-order valence-electron chi connectivity index (χ4n) is 3.69. The van der Waals surface area contributed by atoms with Crippen molar-refractivity contribution < 1.29 is 4.79 Å². The maximum atomic E-state index is 12.7. The molecule has 1 aromatic carbocycles. The van der Waals surface area contributed by atoms with E-state index in [0.29, 0.717) is 28.1 Å². The van der Waals surface area contributed by atoms with Crippen LogP contribution in [-0.2, 0) is 17.9 Å². The van der Waals surface area contributed by atoms with E-state index >= 15 is 0 Å². The summed E-state index contributed by atoms with van der Waals surface area (Å²) in [5, 5.41) is 15.9. The number of carbonyl (C=O) groups is 1. The van der Waals surface area contributed by atoms with E-state index in [-0.39, 0.29) is 12.5 Å². The van der Waals surface area contributed by atoms with Crippen LogP contribution in [0, 0.1) is 6.92 Å². The van der Waals surface area contributed by atoms with Crippen LogP contribution in [0.3, 0.4) is 0 Å². The molecule has 0 bridgehead atoms. The zero-order valence-corrected chi connectivity index (χ0v) is 19.8. The zero-order valence-electron chi connectivity index (χ0n) is 17.5. The zero-order chi connectivity index (χ0) is 22.9.